The monoisotopic (exact) mass is 421 g/mol. The lowest BCUT2D eigenvalue weighted by Crippen LogP contribution is -2.68. The molecule has 0 spiro atoms. The molecule has 0 aliphatic carbocycles. The molecule has 31 heavy (non-hydrogen) atoms. The molecule has 0 radical (unpaired) electrons. The number of hydrogen-bond acceptors (Lipinski definition) is 3. The number of rotatable bonds is 6. The smallest absolute Gasteiger partial charge is 0.380 e. The van der Waals surface area contributed by atoms with Crippen LogP contribution in [0.5, 0.6) is 0 Å². The number of benzene rings is 3. The molecular weight excluding hydrogens is 398 g/mol. The Balaban J connectivity index is 1.93. The van der Waals surface area contributed by atoms with Crippen LogP contribution in [-0.4, -0.2) is 19.0 Å². The predicted octanol–water partition coefficient (Wildman–Crippen LogP) is 3.60. The van der Waals surface area contributed by atoms with Gasteiger partial charge >= 0.3 is 8.32 Å². The highest BCUT2D eigenvalue weighted by Crippen LogP contribution is 2.16. The first kappa shape index (κ1) is 20.4. The summed E-state index contributed by atoms with van der Waals surface area (Å²) in [6.07, 6.45) is 1.82. The van der Waals surface area contributed by atoms with Gasteiger partial charge in [-0.3, -0.25) is 0 Å². The summed E-state index contributed by atoms with van der Waals surface area (Å²) in [7, 11) is -2.92. The molecule has 1 N–H and O–H groups in total. The minimum atomic E-state index is -2.92. The number of aromatic amines is 1. The van der Waals surface area contributed by atoms with Crippen LogP contribution in [0.25, 0.3) is 0 Å². The lowest BCUT2D eigenvalue weighted by molar-refractivity contribution is 0.349. The quantitative estimate of drug-likeness (QED) is 0.224. The molecule has 4 nitrogen and oxygen atoms in total. The molecule has 0 aliphatic rings. The Labute approximate surface area is 183 Å². The van der Waals surface area contributed by atoms with Crippen LogP contribution in [0.4, 0.5) is 0 Å². The summed E-state index contributed by atoms with van der Waals surface area (Å²) in [6, 6.07) is 33.1. The van der Waals surface area contributed by atoms with Gasteiger partial charge < -0.3 is 9.51 Å². The molecule has 0 saturated carbocycles. The Hall–Kier alpha value is -3.88. The van der Waals surface area contributed by atoms with Crippen LogP contribution in [0.2, 0.25) is 0 Å². The normalized spacial score (nSPS) is 11.7. The highest BCUT2D eigenvalue weighted by Gasteiger charge is 2.45. The second-order valence-corrected chi connectivity index (χ2v) is 10.7. The number of nitrogens with one attached hydrogen (secondary N) is 1. The highest BCUT2D eigenvalue weighted by atomic mass is 28.4. The van der Waals surface area contributed by atoms with Gasteiger partial charge in [-0.2, -0.15) is 5.26 Å². The van der Waals surface area contributed by atoms with Crippen molar-refractivity contribution in [3.05, 3.63) is 114 Å². The van der Waals surface area contributed by atoms with Crippen molar-refractivity contribution >= 4 is 29.6 Å². The van der Waals surface area contributed by atoms with Gasteiger partial charge in [-0.15, -0.1) is 5.16 Å². The van der Waals surface area contributed by atoms with Crippen molar-refractivity contribution in [3.8, 4) is 6.07 Å². The molecule has 0 bridgehead atoms. The molecule has 0 atom stereocenters. The van der Waals surface area contributed by atoms with Crippen LogP contribution in [0.15, 0.2) is 102 Å². The molecule has 1 heterocycles. The second-order valence-electron chi connectivity index (χ2n) is 7.38. The topological polar surface area (TPSA) is 61.2 Å². The maximum Gasteiger partial charge on any atom is 0.380 e. The van der Waals surface area contributed by atoms with Gasteiger partial charge in [-0.05, 0) is 35.0 Å². The Bertz CT molecular complexity index is 1130. The van der Waals surface area contributed by atoms with Crippen molar-refractivity contribution in [1.82, 2.24) is 4.98 Å². The minimum absolute atomic E-state index is 0.494. The van der Waals surface area contributed by atoms with Gasteiger partial charge in [0.2, 0.25) is 0 Å². The van der Waals surface area contributed by atoms with E-state index in [0.717, 1.165) is 26.7 Å². The minimum Gasteiger partial charge on any atom is -0.438 e. The average molecular weight is 422 g/mol. The molecule has 0 saturated heterocycles. The van der Waals surface area contributed by atoms with E-state index in [1.165, 1.54) is 0 Å². The summed E-state index contributed by atoms with van der Waals surface area (Å²) in [6.45, 7) is 3.85. The Morgan fingerprint density at radius 2 is 1.29 bits per heavy atom. The van der Waals surface area contributed by atoms with Gasteiger partial charge in [0.25, 0.3) is 0 Å². The maximum absolute atomic E-state index is 9.47. The van der Waals surface area contributed by atoms with Gasteiger partial charge in [0.05, 0.1) is 5.71 Å². The van der Waals surface area contributed by atoms with Crippen LogP contribution in [-0.2, 0) is 4.53 Å². The van der Waals surface area contributed by atoms with E-state index in [1.54, 1.807) is 0 Å². The van der Waals surface area contributed by atoms with E-state index in [1.807, 2.05) is 74.6 Å². The standard InChI is InChI=1S/C26H23N3OSi/c1-20-19-28-25(18-27)26(20)21(2)29-30-31(22-12-6-3-7-13-22,23-14-8-4-9-15-23)24-16-10-5-11-17-24/h3-17,19,28H,1-2H3. The number of aryl methyl sites for hydroxylation is 1. The second kappa shape index (κ2) is 8.86. The van der Waals surface area contributed by atoms with Crippen LogP contribution in [0.1, 0.15) is 23.7 Å². The molecule has 1 aromatic heterocycles. The molecular formula is C26H23N3OSi. The van der Waals surface area contributed by atoms with E-state index in [0.29, 0.717) is 11.4 Å². The summed E-state index contributed by atoms with van der Waals surface area (Å²) in [5, 5.41) is 17.4. The molecule has 4 rings (SSSR count). The zero-order chi connectivity index (χ0) is 21.7. The first-order valence-corrected chi connectivity index (χ1v) is 12.1. The molecule has 152 valence electrons. The third kappa shape index (κ3) is 3.81. The molecule has 3 aromatic carbocycles. The maximum atomic E-state index is 9.47. The van der Waals surface area contributed by atoms with Crippen LogP contribution in [0, 0.1) is 18.3 Å². The van der Waals surface area contributed by atoms with Gasteiger partial charge in [0.1, 0.15) is 11.8 Å². The zero-order valence-corrected chi connectivity index (χ0v) is 18.5. The SMILES string of the molecule is CC(=NO[Si](c1ccccc1)(c1ccccc1)c1ccccc1)c1c(C)c[nH]c1C#N. The van der Waals surface area contributed by atoms with E-state index in [-0.39, 0.29) is 0 Å². The molecule has 5 heteroatoms. The van der Waals surface area contributed by atoms with Crippen molar-refractivity contribution in [2.45, 2.75) is 13.8 Å². The van der Waals surface area contributed by atoms with E-state index < -0.39 is 8.32 Å². The number of nitrogens with zero attached hydrogens (tertiary/aromatic N) is 2. The van der Waals surface area contributed by atoms with E-state index in [9.17, 15) is 5.26 Å². The number of aromatic nitrogens is 1. The highest BCUT2D eigenvalue weighted by molar-refractivity contribution is 7.07. The molecule has 4 aromatic rings. The van der Waals surface area contributed by atoms with Crippen LogP contribution >= 0.6 is 0 Å². The average Bonchev–Trinajstić information content (AvgIpc) is 3.22. The van der Waals surface area contributed by atoms with Crippen molar-refractivity contribution in [2.24, 2.45) is 5.16 Å². The molecule has 0 aliphatic heterocycles. The first-order chi connectivity index (χ1) is 15.2. The lowest BCUT2D eigenvalue weighted by atomic mass is 10.1. The van der Waals surface area contributed by atoms with Gasteiger partial charge in [0, 0.05) is 11.8 Å². The van der Waals surface area contributed by atoms with Crippen molar-refractivity contribution in [1.29, 1.82) is 5.26 Å². The predicted molar refractivity (Wildman–Crippen MR) is 128 cm³/mol. The van der Waals surface area contributed by atoms with Crippen molar-refractivity contribution in [2.75, 3.05) is 0 Å². The molecule has 0 amide bonds. The van der Waals surface area contributed by atoms with Gasteiger partial charge in [0.15, 0.2) is 0 Å². The number of H-pyrrole nitrogens is 1. The Morgan fingerprint density at radius 1 is 0.839 bits per heavy atom. The number of nitriles is 1. The number of hydrogen-bond donors (Lipinski definition) is 1. The van der Waals surface area contributed by atoms with Crippen LogP contribution < -0.4 is 15.6 Å². The molecule has 0 fully saturated rings. The summed E-state index contributed by atoms with van der Waals surface area (Å²) in [5.41, 5.74) is 2.93. The van der Waals surface area contributed by atoms with Crippen molar-refractivity contribution < 1.29 is 4.53 Å². The summed E-state index contributed by atoms with van der Waals surface area (Å²) >= 11 is 0. The van der Waals surface area contributed by atoms with E-state index in [4.69, 9.17) is 4.53 Å². The summed E-state index contributed by atoms with van der Waals surface area (Å²) in [4.78, 5) is 3.01. The largest absolute Gasteiger partial charge is 0.438 e. The fourth-order valence-corrected chi connectivity index (χ4v) is 7.51. The van der Waals surface area contributed by atoms with Crippen LogP contribution in [0.3, 0.4) is 0 Å². The number of oxime groups is 1. The molecule has 0 unspecified atom stereocenters. The van der Waals surface area contributed by atoms with E-state index in [2.05, 4.69) is 52.6 Å². The zero-order valence-electron chi connectivity index (χ0n) is 17.5. The fourth-order valence-electron chi connectivity index (χ4n) is 3.94. The third-order valence-electron chi connectivity index (χ3n) is 5.41. The third-order valence-corrected chi connectivity index (χ3v) is 9.22. The summed E-state index contributed by atoms with van der Waals surface area (Å²) < 4.78 is 6.63. The first-order valence-electron chi connectivity index (χ1n) is 10.1. The fraction of sp³-hybridized carbons (Fsp3) is 0.0769. The van der Waals surface area contributed by atoms with Crippen molar-refractivity contribution in [3.63, 3.8) is 0 Å². The van der Waals surface area contributed by atoms with Gasteiger partial charge in [-0.1, -0.05) is 91.0 Å². The Morgan fingerprint density at radius 3 is 1.71 bits per heavy atom. The van der Waals surface area contributed by atoms with E-state index >= 15 is 0 Å². The Kier molecular flexibility index (Phi) is 5.83. The lowest BCUT2D eigenvalue weighted by Gasteiger charge is -2.30. The van der Waals surface area contributed by atoms with Gasteiger partial charge in [-0.25, -0.2) is 0 Å². The summed E-state index contributed by atoms with van der Waals surface area (Å²) in [5.74, 6) is 0.